The maximum absolute atomic E-state index is 13.2. The quantitative estimate of drug-likeness (QED) is 0.391. The monoisotopic (exact) mass is 506 g/mol. The molecule has 4 rings (SSSR count). The molecule has 0 bridgehead atoms. The second kappa shape index (κ2) is 9.49. The Morgan fingerprint density at radius 2 is 1.71 bits per heavy atom. The molecular weight excluding hydrogens is 489 g/mol. The lowest BCUT2D eigenvalue weighted by molar-refractivity contribution is -0.137. The number of fused-ring (bicyclic) bond motifs is 1. The summed E-state index contributed by atoms with van der Waals surface area (Å²) in [6, 6.07) is 15.9. The van der Waals surface area contributed by atoms with E-state index in [0.717, 1.165) is 29.9 Å². The van der Waals surface area contributed by atoms with Crippen LogP contribution in [0.3, 0.4) is 0 Å². The average molecular weight is 507 g/mol. The Balaban J connectivity index is 1.64. The highest BCUT2D eigenvalue weighted by molar-refractivity contribution is 7.89. The van der Waals surface area contributed by atoms with E-state index in [4.69, 9.17) is 0 Å². The summed E-state index contributed by atoms with van der Waals surface area (Å²) in [5.74, 6) is -0.810. The van der Waals surface area contributed by atoms with Gasteiger partial charge in [0.05, 0.1) is 17.3 Å². The van der Waals surface area contributed by atoms with Gasteiger partial charge in [-0.1, -0.05) is 42.5 Å². The van der Waals surface area contributed by atoms with Crippen LogP contribution in [0.25, 0.3) is 11.0 Å². The van der Waals surface area contributed by atoms with Gasteiger partial charge >= 0.3 is 6.18 Å². The average Bonchev–Trinajstić information content (AvgIpc) is 3.28. The fraction of sp³-hybridized carbons (Fsp3) is 0.136. The van der Waals surface area contributed by atoms with Crippen LogP contribution in [0.1, 0.15) is 11.1 Å². The van der Waals surface area contributed by atoms with Gasteiger partial charge in [-0.3, -0.25) is 4.79 Å². The molecule has 3 aromatic carbocycles. The smallest absolute Gasteiger partial charge is 0.325 e. The predicted molar refractivity (Wildman–Crippen MR) is 122 cm³/mol. The van der Waals surface area contributed by atoms with E-state index in [9.17, 15) is 26.4 Å². The largest absolute Gasteiger partial charge is 0.416 e. The zero-order valence-electron chi connectivity index (χ0n) is 17.3. The van der Waals surface area contributed by atoms with Gasteiger partial charge in [0.25, 0.3) is 0 Å². The molecule has 0 aliphatic heterocycles. The molecule has 0 aliphatic rings. The highest BCUT2D eigenvalue weighted by Crippen LogP contribution is 2.30. The summed E-state index contributed by atoms with van der Waals surface area (Å²) in [5.41, 5.74) is 0.164. The number of carbonyl (C=O) groups is 1. The molecular formula is C22H17F3N4O3S2. The summed E-state index contributed by atoms with van der Waals surface area (Å²) in [5, 5.41) is 2.39. The molecule has 1 amide bonds. The van der Waals surface area contributed by atoms with Crippen LogP contribution in [0.4, 0.5) is 18.9 Å². The highest BCUT2D eigenvalue weighted by Gasteiger charge is 2.31. The minimum Gasteiger partial charge on any atom is -0.325 e. The van der Waals surface area contributed by atoms with E-state index < -0.39 is 33.7 Å². The Morgan fingerprint density at radius 3 is 2.44 bits per heavy atom. The number of carbonyl (C=O) groups excluding carboxylic acids is 1. The van der Waals surface area contributed by atoms with Gasteiger partial charge in [0.2, 0.25) is 15.9 Å². The van der Waals surface area contributed by atoms with Gasteiger partial charge in [0, 0.05) is 5.69 Å². The van der Waals surface area contributed by atoms with Gasteiger partial charge in [-0.15, -0.1) is 0 Å². The van der Waals surface area contributed by atoms with Crippen LogP contribution >= 0.6 is 11.7 Å². The number of rotatable bonds is 7. The molecule has 0 aliphatic carbocycles. The molecule has 0 fully saturated rings. The zero-order chi connectivity index (χ0) is 24.3. The van der Waals surface area contributed by atoms with Gasteiger partial charge in [0.15, 0.2) is 0 Å². The van der Waals surface area contributed by atoms with E-state index in [1.165, 1.54) is 18.2 Å². The van der Waals surface area contributed by atoms with Crippen LogP contribution in [-0.4, -0.2) is 29.1 Å². The maximum atomic E-state index is 13.2. The Hall–Kier alpha value is -3.35. The second-order valence-electron chi connectivity index (χ2n) is 7.32. The molecule has 4 aromatic rings. The fourth-order valence-electron chi connectivity index (χ4n) is 3.29. The number of hydrogen-bond acceptors (Lipinski definition) is 6. The molecule has 0 spiro atoms. The second-order valence-corrected chi connectivity index (χ2v) is 9.53. The van der Waals surface area contributed by atoms with E-state index in [1.807, 2.05) is 0 Å². The summed E-state index contributed by atoms with van der Waals surface area (Å²) in [4.78, 5) is 12.9. The third-order valence-corrected chi connectivity index (χ3v) is 6.94. The van der Waals surface area contributed by atoms with E-state index in [-0.39, 0.29) is 22.5 Å². The SMILES string of the molecule is O=C(Nc1cccc(C(F)(F)F)c1)C(Cc1ccccc1)NS(=O)(=O)c1cccc2nsnc12. The van der Waals surface area contributed by atoms with Crippen LogP contribution in [0, 0.1) is 0 Å². The Bertz CT molecular complexity index is 1420. The van der Waals surface area contributed by atoms with Crippen molar-refractivity contribution in [1.82, 2.24) is 13.5 Å². The number of nitrogens with one attached hydrogen (secondary N) is 2. The molecule has 7 nitrogen and oxygen atoms in total. The topological polar surface area (TPSA) is 101 Å². The first-order chi connectivity index (χ1) is 16.1. The van der Waals surface area contributed by atoms with Crippen molar-refractivity contribution in [2.24, 2.45) is 0 Å². The van der Waals surface area contributed by atoms with Crippen molar-refractivity contribution in [3.8, 4) is 0 Å². The summed E-state index contributed by atoms with van der Waals surface area (Å²) in [6.45, 7) is 0. The lowest BCUT2D eigenvalue weighted by Gasteiger charge is -2.19. The van der Waals surface area contributed by atoms with Crippen molar-refractivity contribution in [1.29, 1.82) is 0 Å². The standard InChI is InChI=1S/C22H17F3N4O3S2/c23-22(24,25)15-8-4-9-16(13-15)26-21(30)18(12-14-6-2-1-3-7-14)29-34(31,32)19-11-5-10-17-20(19)28-33-27-17/h1-11,13,18,29H,12H2,(H,26,30). The third kappa shape index (κ3) is 5.41. The van der Waals surface area contributed by atoms with E-state index >= 15 is 0 Å². The summed E-state index contributed by atoms with van der Waals surface area (Å²) in [6.07, 6.45) is -4.62. The molecule has 1 unspecified atom stereocenters. The lowest BCUT2D eigenvalue weighted by Crippen LogP contribution is -2.45. The number of benzene rings is 3. The van der Waals surface area contributed by atoms with Gasteiger partial charge < -0.3 is 5.32 Å². The number of halogens is 3. The summed E-state index contributed by atoms with van der Waals surface area (Å²) >= 11 is 0.853. The first kappa shape index (κ1) is 23.8. The predicted octanol–water partition coefficient (Wildman–Crippen LogP) is 4.24. The normalized spacial score (nSPS) is 13.0. The molecule has 2 N–H and O–H groups in total. The molecule has 1 atom stereocenters. The van der Waals surface area contributed by atoms with Crippen molar-refractivity contribution >= 4 is 44.4 Å². The number of anilines is 1. The Morgan fingerprint density at radius 1 is 0.971 bits per heavy atom. The van der Waals surface area contributed by atoms with Gasteiger partial charge in [-0.05, 0) is 42.3 Å². The number of sulfonamides is 1. The number of alkyl halides is 3. The number of aromatic nitrogens is 2. The van der Waals surface area contributed by atoms with Gasteiger partial charge in [-0.25, -0.2) is 8.42 Å². The maximum Gasteiger partial charge on any atom is 0.416 e. The van der Waals surface area contributed by atoms with E-state index in [1.54, 1.807) is 36.4 Å². The van der Waals surface area contributed by atoms with E-state index in [2.05, 4.69) is 18.8 Å². The summed E-state index contributed by atoms with van der Waals surface area (Å²) in [7, 11) is -4.23. The van der Waals surface area contributed by atoms with E-state index in [0.29, 0.717) is 11.1 Å². The van der Waals surface area contributed by atoms with Crippen LogP contribution in [-0.2, 0) is 27.4 Å². The van der Waals surface area contributed by atoms with Crippen LogP contribution < -0.4 is 10.0 Å². The highest BCUT2D eigenvalue weighted by atomic mass is 32.2. The van der Waals surface area contributed by atoms with Crippen molar-refractivity contribution in [2.45, 2.75) is 23.5 Å². The van der Waals surface area contributed by atoms with Crippen molar-refractivity contribution in [3.63, 3.8) is 0 Å². The number of nitrogens with zero attached hydrogens (tertiary/aromatic N) is 2. The third-order valence-electron chi connectivity index (χ3n) is 4.89. The van der Waals surface area contributed by atoms with Crippen molar-refractivity contribution in [3.05, 3.63) is 83.9 Å². The fourth-order valence-corrected chi connectivity index (χ4v) is 5.25. The molecule has 0 radical (unpaired) electrons. The van der Waals surface area contributed by atoms with Crippen LogP contribution in [0.15, 0.2) is 77.7 Å². The zero-order valence-corrected chi connectivity index (χ0v) is 18.9. The van der Waals surface area contributed by atoms with Crippen molar-refractivity contribution in [2.75, 3.05) is 5.32 Å². The molecule has 176 valence electrons. The Kier molecular flexibility index (Phi) is 6.64. The molecule has 12 heteroatoms. The molecule has 34 heavy (non-hydrogen) atoms. The number of hydrogen-bond donors (Lipinski definition) is 2. The lowest BCUT2D eigenvalue weighted by atomic mass is 10.1. The first-order valence-corrected chi connectivity index (χ1v) is 12.1. The summed E-state index contributed by atoms with van der Waals surface area (Å²) < 4.78 is 75.9. The van der Waals surface area contributed by atoms with Crippen molar-refractivity contribution < 1.29 is 26.4 Å². The molecule has 1 aromatic heterocycles. The van der Waals surface area contributed by atoms with Gasteiger partial charge in [-0.2, -0.15) is 26.6 Å². The number of amides is 1. The minimum atomic E-state index is -4.59. The molecule has 1 heterocycles. The minimum absolute atomic E-state index is 0.0316. The Labute approximate surface area is 197 Å². The first-order valence-electron chi connectivity index (χ1n) is 9.89. The van der Waals surface area contributed by atoms with Gasteiger partial charge in [0.1, 0.15) is 22.0 Å². The van der Waals surface area contributed by atoms with Crippen LogP contribution in [0.5, 0.6) is 0 Å². The molecule has 0 saturated heterocycles. The molecule has 0 saturated carbocycles. The van der Waals surface area contributed by atoms with Crippen LogP contribution in [0.2, 0.25) is 0 Å².